The summed E-state index contributed by atoms with van der Waals surface area (Å²) in [6.07, 6.45) is 1.05. The number of hydrogen-bond donors (Lipinski definition) is 1. The van der Waals surface area contributed by atoms with E-state index >= 15 is 0 Å². The van der Waals surface area contributed by atoms with Gasteiger partial charge in [-0.15, -0.1) is 0 Å². The summed E-state index contributed by atoms with van der Waals surface area (Å²) in [5, 5.41) is 12.6. The van der Waals surface area contributed by atoms with Gasteiger partial charge in [-0.1, -0.05) is 17.3 Å². The lowest BCUT2D eigenvalue weighted by Crippen LogP contribution is -1.97. The highest BCUT2D eigenvalue weighted by Gasteiger charge is 2.17. The van der Waals surface area contributed by atoms with Crippen molar-refractivity contribution in [1.29, 1.82) is 0 Å². The third-order valence-electron chi connectivity index (χ3n) is 2.50. The maximum absolute atomic E-state index is 12.6. The average Bonchev–Trinajstić information content (AvgIpc) is 2.87. The first-order chi connectivity index (χ1) is 8.67. The number of methoxy groups -OCH3 is 1. The number of alkyl halides is 1. The molecule has 0 amide bonds. The Morgan fingerprint density at radius 1 is 1.56 bits per heavy atom. The van der Waals surface area contributed by atoms with Gasteiger partial charge in [0.25, 0.3) is 0 Å². The van der Waals surface area contributed by atoms with Gasteiger partial charge in [-0.2, -0.15) is 0 Å². The van der Waals surface area contributed by atoms with Crippen LogP contribution in [0.3, 0.4) is 0 Å². The van der Waals surface area contributed by atoms with Gasteiger partial charge in [0.15, 0.2) is 0 Å². The quantitative estimate of drug-likeness (QED) is 0.903. The van der Waals surface area contributed by atoms with E-state index in [1.54, 1.807) is 6.07 Å². The monoisotopic (exact) mass is 251 g/mol. The van der Waals surface area contributed by atoms with Crippen LogP contribution in [0.2, 0.25) is 0 Å². The molecule has 0 aliphatic heterocycles. The van der Waals surface area contributed by atoms with Crippen LogP contribution >= 0.6 is 0 Å². The van der Waals surface area contributed by atoms with E-state index in [9.17, 15) is 9.18 Å². The molecule has 1 N–H and O–H groups in total. The zero-order valence-electron chi connectivity index (χ0n) is 9.51. The van der Waals surface area contributed by atoms with Crippen LogP contribution in [0.5, 0.6) is 5.75 Å². The van der Waals surface area contributed by atoms with E-state index < -0.39 is 12.6 Å². The van der Waals surface area contributed by atoms with Gasteiger partial charge in [0.1, 0.15) is 29.9 Å². The van der Waals surface area contributed by atoms with Crippen molar-refractivity contribution in [1.82, 2.24) is 5.16 Å². The molecule has 2 rings (SSSR count). The molecule has 5 nitrogen and oxygen atoms in total. The fraction of sp³-hybridized carbons (Fsp3) is 0.167. The van der Waals surface area contributed by atoms with Gasteiger partial charge in [-0.3, -0.25) is 0 Å². The maximum Gasteiger partial charge on any atom is 0.341 e. The molecular weight excluding hydrogens is 241 g/mol. The van der Waals surface area contributed by atoms with Gasteiger partial charge in [0, 0.05) is 11.1 Å². The predicted octanol–water partition coefficient (Wildman–Crippen LogP) is 2.52. The minimum absolute atomic E-state index is 0.0509. The molecule has 0 saturated heterocycles. The molecule has 0 radical (unpaired) electrons. The van der Waals surface area contributed by atoms with Gasteiger partial charge in [0.2, 0.25) is 0 Å². The summed E-state index contributed by atoms with van der Waals surface area (Å²) in [6, 6.07) is 4.62. The minimum atomic E-state index is -1.14. The molecule has 0 aliphatic rings. The highest BCUT2D eigenvalue weighted by atomic mass is 19.1. The normalized spacial score (nSPS) is 10.3. The van der Waals surface area contributed by atoms with Crippen molar-refractivity contribution in [2.75, 3.05) is 7.11 Å². The van der Waals surface area contributed by atoms with E-state index in [2.05, 4.69) is 9.68 Å². The molecule has 0 spiro atoms. The number of benzene rings is 1. The van der Waals surface area contributed by atoms with Crippen molar-refractivity contribution in [3.63, 3.8) is 0 Å². The zero-order chi connectivity index (χ0) is 13.1. The fourth-order valence-corrected chi connectivity index (χ4v) is 1.60. The van der Waals surface area contributed by atoms with Crippen LogP contribution in [-0.2, 0) is 6.67 Å². The van der Waals surface area contributed by atoms with Gasteiger partial charge >= 0.3 is 5.97 Å². The zero-order valence-corrected chi connectivity index (χ0v) is 9.51. The summed E-state index contributed by atoms with van der Waals surface area (Å²) in [6.45, 7) is -0.659. The van der Waals surface area contributed by atoms with Crippen molar-refractivity contribution in [3.05, 3.63) is 35.6 Å². The van der Waals surface area contributed by atoms with Crippen LogP contribution in [0.25, 0.3) is 11.3 Å². The van der Waals surface area contributed by atoms with Crippen LogP contribution < -0.4 is 4.74 Å². The van der Waals surface area contributed by atoms with Crippen molar-refractivity contribution in [2.45, 2.75) is 6.67 Å². The van der Waals surface area contributed by atoms with E-state index in [1.807, 2.05) is 0 Å². The summed E-state index contributed by atoms with van der Waals surface area (Å²) in [5.74, 6) is -0.797. The second kappa shape index (κ2) is 4.87. The number of carboxylic acids is 1. The molecule has 0 unspecified atom stereocenters. The molecule has 1 heterocycles. The van der Waals surface area contributed by atoms with Crippen molar-refractivity contribution >= 4 is 5.97 Å². The average molecular weight is 251 g/mol. The number of halogens is 1. The highest BCUT2D eigenvalue weighted by molar-refractivity contribution is 5.94. The van der Waals surface area contributed by atoms with Crippen LogP contribution in [0.4, 0.5) is 4.39 Å². The van der Waals surface area contributed by atoms with E-state index in [0.717, 1.165) is 6.26 Å². The fourth-order valence-electron chi connectivity index (χ4n) is 1.60. The topological polar surface area (TPSA) is 72.6 Å². The number of aromatic carboxylic acids is 1. The number of aromatic nitrogens is 1. The standard InChI is InChI=1S/C12H10FNO4/c1-17-10-4-7(2-3-8(10)5-13)11-9(12(15)16)6-18-14-11/h2-4,6H,5H2,1H3,(H,15,16). The molecule has 0 aliphatic carbocycles. The Kier molecular flexibility index (Phi) is 3.27. The SMILES string of the molecule is COc1cc(-c2nocc2C(=O)O)ccc1CF. The number of carboxylic acid groups (broad SMARTS) is 1. The van der Waals surface area contributed by atoms with Gasteiger partial charge < -0.3 is 14.4 Å². The van der Waals surface area contributed by atoms with Crippen LogP contribution in [-0.4, -0.2) is 23.3 Å². The van der Waals surface area contributed by atoms with Crippen LogP contribution in [0, 0.1) is 0 Å². The first kappa shape index (κ1) is 12.1. The third kappa shape index (κ3) is 2.04. The Morgan fingerprint density at radius 3 is 2.94 bits per heavy atom. The van der Waals surface area contributed by atoms with Crippen LogP contribution in [0.1, 0.15) is 15.9 Å². The Labute approximate surface area is 102 Å². The van der Waals surface area contributed by atoms with E-state index in [-0.39, 0.29) is 11.3 Å². The summed E-state index contributed by atoms with van der Waals surface area (Å²) in [7, 11) is 1.42. The Balaban J connectivity index is 2.51. The van der Waals surface area contributed by atoms with E-state index in [1.165, 1.54) is 19.2 Å². The lowest BCUT2D eigenvalue weighted by Gasteiger charge is -2.07. The lowest BCUT2D eigenvalue weighted by atomic mass is 10.1. The van der Waals surface area contributed by atoms with Crippen molar-refractivity contribution in [3.8, 4) is 17.0 Å². The van der Waals surface area contributed by atoms with Crippen molar-refractivity contribution < 1.29 is 23.6 Å². The van der Waals surface area contributed by atoms with Crippen LogP contribution in [0.15, 0.2) is 29.0 Å². The number of ether oxygens (including phenoxy) is 1. The van der Waals surface area contributed by atoms with Gasteiger partial charge in [0.05, 0.1) is 7.11 Å². The minimum Gasteiger partial charge on any atom is -0.496 e. The molecule has 94 valence electrons. The molecule has 0 atom stereocenters. The molecule has 0 fully saturated rings. The summed E-state index contributed by atoms with van der Waals surface area (Å²) in [4.78, 5) is 10.9. The summed E-state index contributed by atoms with van der Waals surface area (Å²) in [5.41, 5.74) is 1.02. The Morgan fingerprint density at radius 2 is 2.33 bits per heavy atom. The summed E-state index contributed by atoms with van der Waals surface area (Å²) >= 11 is 0. The first-order valence-corrected chi connectivity index (χ1v) is 5.08. The summed E-state index contributed by atoms with van der Waals surface area (Å²) < 4.78 is 22.3. The number of hydrogen-bond acceptors (Lipinski definition) is 4. The molecular formula is C12H10FNO4. The Hall–Kier alpha value is -2.37. The van der Waals surface area contributed by atoms with E-state index in [4.69, 9.17) is 9.84 Å². The smallest absolute Gasteiger partial charge is 0.341 e. The largest absolute Gasteiger partial charge is 0.496 e. The maximum atomic E-state index is 12.6. The highest BCUT2D eigenvalue weighted by Crippen LogP contribution is 2.29. The van der Waals surface area contributed by atoms with Gasteiger partial charge in [-0.05, 0) is 6.07 Å². The lowest BCUT2D eigenvalue weighted by molar-refractivity contribution is 0.0697. The molecule has 1 aromatic heterocycles. The van der Waals surface area contributed by atoms with Gasteiger partial charge in [-0.25, -0.2) is 9.18 Å². The first-order valence-electron chi connectivity index (χ1n) is 5.08. The molecule has 18 heavy (non-hydrogen) atoms. The molecule has 2 aromatic rings. The molecule has 1 aromatic carbocycles. The molecule has 6 heteroatoms. The Bertz CT molecular complexity index is 579. The van der Waals surface area contributed by atoms with E-state index in [0.29, 0.717) is 16.9 Å². The predicted molar refractivity (Wildman–Crippen MR) is 60.3 cm³/mol. The second-order valence-electron chi connectivity index (χ2n) is 3.54. The molecule has 0 bridgehead atoms. The third-order valence-corrected chi connectivity index (χ3v) is 2.50. The van der Waals surface area contributed by atoms with Crippen molar-refractivity contribution in [2.24, 2.45) is 0 Å². The second-order valence-corrected chi connectivity index (χ2v) is 3.54. The number of carbonyl (C=O) groups is 1. The number of nitrogens with zero attached hydrogens (tertiary/aromatic N) is 1. The number of rotatable bonds is 4. The molecule has 0 saturated carbocycles.